The topological polar surface area (TPSA) is 87.7 Å². The Balaban J connectivity index is 2.35. The van der Waals surface area contributed by atoms with Gasteiger partial charge in [0.25, 0.3) is 0 Å². The summed E-state index contributed by atoms with van der Waals surface area (Å²) in [5.74, 6) is 0. The van der Waals surface area contributed by atoms with Crippen molar-refractivity contribution in [3.8, 4) is 0 Å². The molecule has 96 valence electrons. The number of hydrogen-bond acceptors (Lipinski definition) is 5. The van der Waals surface area contributed by atoms with Gasteiger partial charge in [0.1, 0.15) is 27.5 Å². The van der Waals surface area contributed by atoms with Crippen LogP contribution < -0.4 is 0 Å². The minimum Gasteiger partial charge on any atom is -0.394 e. The van der Waals surface area contributed by atoms with Crippen LogP contribution in [0.3, 0.4) is 0 Å². The first kappa shape index (κ1) is 13.9. The first-order valence-electron chi connectivity index (χ1n) is 4.68. The van der Waals surface area contributed by atoms with Crippen molar-refractivity contribution in [2.45, 2.75) is 24.5 Å². The summed E-state index contributed by atoms with van der Waals surface area (Å²) in [4.78, 5) is 4.08. The van der Waals surface area contributed by atoms with Crippen molar-refractivity contribution in [1.29, 1.82) is 0 Å². The molecule has 1 aromatic heterocycles. The molecule has 3 N–H and O–H groups in total. The summed E-state index contributed by atoms with van der Waals surface area (Å²) in [7, 11) is 0. The molecular formula is C8H9Br3N2O4. The molecular weight excluding hydrogens is 428 g/mol. The smallest absolute Gasteiger partial charge is 0.181 e. The van der Waals surface area contributed by atoms with E-state index >= 15 is 0 Å². The number of aliphatic hydroxyl groups excluding tert-OH is 3. The molecule has 1 aliphatic heterocycles. The van der Waals surface area contributed by atoms with Gasteiger partial charge in [-0.1, -0.05) is 0 Å². The number of nitrogens with zero attached hydrogens (tertiary/aromatic N) is 2. The monoisotopic (exact) mass is 434 g/mol. The largest absolute Gasteiger partial charge is 0.394 e. The normalized spacial score (nSPS) is 33.3. The third-order valence-corrected chi connectivity index (χ3v) is 4.94. The Bertz CT molecular complexity index is 427. The van der Waals surface area contributed by atoms with Crippen LogP contribution in [0, 0.1) is 0 Å². The number of halogens is 3. The molecule has 1 aromatic rings. The lowest BCUT2D eigenvalue weighted by Crippen LogP contribution is -2.33. The first-order valence-corrected chi connectivity index (χ1v) is 7.06. The summed E-state index contributed by atoms with van der Waals surface area (Å²) in [6.07, 6.45) is -3.90. The van der Waals surface area contributed by atoms with E-state index in [-0.39, 0.29) is 6.61 Å². The van der Waals surface area contributed by atoms with Gasteiger partial charge in [0.05, 0.1) is 6.61 Å². The standard InChI is InChI=1S/C8H9Br3N2O4/c9-5-6(10)13(8(11)12-5)7-4(16)3(15)2(1-14)17-7/h2-4,7,14-16H,1H2/t2-,3+,4-,7-/m1/s1. The van der Waals surface area contributed by atoms with E-state index < -0.39 is 24.5 Å². The van der Waals surface area contributed by atoms with Crippen molar-refractivity contribution in [1.82, 2.24) is 9.55 Å². The second-order valence-corrected chi connectivity index (χ2v) is 5.77. The van der Waals surface area contributed by atoms with Gasteiger partial charge in [0, 0.05) is 0 Å². The lowest BCUT2D eigenvalue weighted by atomic mass is 10.1. The van der Waals surface area contributed by atoms with Crippen LogP contribution >= 0.6 is 47.8 Å². The summed E-state index contributed by atoms with van der Waals surface area (Å²) in [6.45, 7) is -0.361. The van der Waals surface area contributed by atoms with E-state index in [0.29, 0.717) is 13.9 Å². The molecule has 0 unspecified atom stereocenters. The van der Waals surface area contributed by atoms with E-state index in [0.717, 1.165) is 0 Å². The molecule has 1 aliphatic rings. The Morgan fingerprint density at radius 2 is 1.88 bits per heavy atom. The van der Waals surface area contributed by atoms with Crippen molar-refractivity contribution in [3.63, 3.8) is 0 Å². The Kier molecular flexibility index (Phi) is 4.28. The van der Waals surface area contributed by atoms with Gasteiger partial charge in [0.15, 0.2) is 11.0 Å². The molecule has 2 heterocycles. The van der Waals surface area contributed by atoms with Gasteiger partial charge in [-0.3, -0.25) is 4.57 Å². The Hall–Kier alpha value is 0.490. The summed E-state index contributed by atoms with van der Waals surface area (Å²) in [5, 5.41) is 28.6. The molecule has 0 saturated carbocycles. The lowest BCUT2D eigenvalue weighted by Gasteiger charge is -2.18. The molecule has 0 amide bonds. The third kappa shape index (κ3) is 2.34. The third-order valence-electron chi connectivity index (χ3n) is 2.54. The lowest BCUT2D eigenvalue weighted by molar-refractivity contribution is -0.0548. The van der Waals surface area contributed by atoms with Crippen molar-refractivity contribution in [2.75, 3.05) is 6.61 Å². The highest BCUT2D eigenvalue weighted by Gasteiger charge is 2.44. The molecule has 1 fully saturated rings. The van der Waals surface area contributed by atoms with Crippen LogP contribution in [-0.4, -0.2) is 49.8 Å². The Labute approximate surface area is 122 Å². The molecule has 2 rings (SSSR count). The highest BCUT2D eigenvalue weighted by Crippen LogP contribution is 2.37. The van der Waals surface area contributed by atoms with Crippen LogP contribution in [0.25, 0.3) is 0 Å². The number of hydrogen-bond donors (Lipinski definition) is 3. The van der Waals surface area contributed by atoms with Crippen molar-refractivity contribution >= 4 is 47.8 Å². The minimum absolute atomic E-state index is 0.361. The van der Waals surface area contributed by atoms with Crippen LogP contribution in [0.2, 0.25) is 0 Å². The zero-order chi connectivity index (χ0) is 12.7. The Morgan fingerprint density at radius 1 is 1.24 bits per heavy atom. The molecule has 0 spiro atoms. The van der Waals surface area contributed by atoms with E-state index in [1.165, 1.54) is 4.57 Å². The van der Waals surface area contributed by atoms with E-state index in [9.17, 15) is 10.2 Å². The summed E-state index contributed by atoms with van der Waals surface area (Å²) in [5.41, 5.74) is 0. The Morgan fingerprint density at radius 3 is 2.29 bits per heavy atom. The predicted octanol–water partition coefficient (Wildman–Crippen LogP) is 0.782. The average Bonchev–Trinajstić information content (AvgIpc) is 2.69. The van der Waals surface area contributed by atoms with Crippen LogP contribution in [0.4, 0.5) is 0 Å². The number of imidazole rings is 1. The fourth-order valence-electron chi connectivity index (χ4n) is 1.67. The summed E-state index contributed by atoms with van der Waals surface area (Å²) >= 11 is 9.74. The zero-order valence-corrected chi connectivity index (χ0v) is 13.1. The molecule has 0 aliphatic carbocycles. The molecule has 4 atom stereocenters. The molecule has 9 heteroatoms. The van der Waals surface area contributed by atoms with Gasteiger partial charge in [-0.05, 0) is 47.8 Å². The highest BCUT2D eigenvalue weighted by atomic mass is 79.9. The van der Waals surface area contributed by atoms with Crippen molar-refractivity contribution in [3.05, 3.63) is 13.9 Å². The first-order chi connectivity index (χ1) is 7.97. The van der Waals surface area contributed by atoms with Gasteiger partial charge >= 0.3 is 0 Å². The predicted molar refractivity (Wildman–Crippen MR) is 68.3 cm³/mol. The van der Waals surface area contributed by atoms with Crippen molar-refractivity contribution in [2.24, 2.45) is 0 Å². The van der Waals surface area contributed by atoms with E-state index in [2.05, 4.69) is 52.8 Å². The number of ether oxygens (including phenoxy) is 1. The fourth-order valence-corrected chi connectivity index (χ4v) is 3.52. The van der Waals surface area contributed by atoms with Crippen LogP contribution in [0.1, 0.15) is 6.23 Å². The maximum atomic E-state index is 9.88. The SMILES string of the molecule is OC[C@H]1O[C@@H](n2c(Br)nc(Br)c2Br)[C@H](O)[C@H]1O. The average molecular weight is 437 g/mol. The molecule has 1 saturated heterocycles. The summed E-state index contributed by atoms with van der Waals surface area (Å²) in [6, 6.07) is 0. The van der Waals surface area contributed by atoms with E-state index in [1.807, 2.05) is 0 Å². The zero-order valence-electron chi connectivity index (χ0n) is 8.29. The number of aliphatic hydroxyl groups is 3. The molecule has 0 aromatic carbocycles. The van der Waals surface area contributed by atoms with Crippen molar-refractivity contribution < 1.29 is 20.1 Å². The van der Waals surface area contributed by atoms with E-state index in [1.54, 1.807) is 0 Å². The minimum atomic E-state index is -1.14. The van der Waals surface area contributed by atoms with Gasteiger partial charge in [-0.2, -0.15) is 0 Å². The van der Waals surface area contributed by atoms with Gasteiger partial charge in [-0.25, -0.2) is 4.98 Å². The van der Waals surface area contributed by atoms with Gasteiger partial charge in [-0.15, -0.1) is 0 Å². The quantitative estimate of drug-likeness (QED) is 0.638. The molecule has 0 bridgehead atoms. The number of aromatic nitrogens is 2. The van der Waals surface area contributed by atoms with Crippen LogP contribution in [0.15, 0.2) is 13.9 Å². The maximum Gasteiger partial charge on any atom is 0.181 e. The molecule has 6 nitrogen and oxygen atoms in total. The van der Waals surface area contributed by atoms with Crippen LogP contribution in [0.5, 0.6) is 0 Å². The maximum absolute atomic E-state index is 9.88. The second-order valence-electron chi connectivity index (χ2n) is 3.56. The highest BCUT2D eigenvalue weighted by molar-refractivity contribution is 9.13. The fraction of sp³-hybridized carbons (Fsp3) is 0.625. The number of rotatable bonds is 2. The van der Waals surface area contributed by atoms with Gasteiger partial charge in [0.2, 0.25) is 0 Å². The van der Waals surface area contributed by atoms with Gasteiger partial charge < -0.3 is 20.1 Å². The van der Waals surface area contributed by atoms with E-state index in [4.69, 9.17) is 9.84 Å². The molecule has 17 heavy (non-hydrogen) atoms. The summed E-state index contributed by atoms with van der Waals surface area (Å²) < 4.78 is 8.47. The second kappa shape index (κ2) is 5.24. The molecule has 0 radical (unpaired) electrons. The van der Waals surface area contributed by atoms with Crippen LogP contribution in [-0.2, 0) is 4.74 Å².